The van der Waals surface area contributed by atoms with Crippen molar-refractivity contribution in [3.05, 3.63) is 68.6 Å². The number of benzene rings is 1. The van der Waals surface area contributed by atoms with E-state index in [-0.39, 0.29) is 12.1 Å². The Hall–Kier alpha value is -2.07. The summed E-state index contributed by atoms with van der Waals surface area (Å²) in [5.41, 5.74) is 1.19. The van der Waals surface area contributed by atoms with E-state index in [9.17, 15) is 9.59 Å². The standard InChI is InChI=1S/C14H13ClN2O2/c1-9-6-7-16-13(18)12(9)14(19)17-8-10-4-2-3-5-11(10)15/h2-7H,8H2,1H3,(H,16,18)(H,17,19). The fraction of sp³-hybridized carbons (Fsp3) is 0.143. The van der Waals surface area contributed by atoms with Crippen molar-refractivity contribution in [2.75, 3.05) is 0 Å². The largest absolute Gasteiger partial charge is 0.348 e. The Balaban J connectivity index is 2.15. The molecule has 4 nitrogen and oxygen atoms in total. The zero-order valence-electron chi connectivity index (χ0n) is 10.4. The molecule has 19 heavy (non-hydrogen) atoms. The smallest absolute Gasteiger partial charge is 0.261 e. The molecule has 0 spiro atoms. The number of rotatable bonds is 3. The maximum atomic E-state index is 12.0. The van der Waals surface area contributed by atoms with Crippen LogP contribution >= 0.6 is 11.6 Å². The summed E-state index contributed by atoms with van der Waals surface area (Å²) in [6.07, 6.45) is 1.52. The Morgan fingerprint density at radius 3 is 2.74 bits per heavy atom. The van der Waals surface area contributed by atoms with Crippen LogP contribution in [0.2, 0.25) is 5.02 Å². The van der Waals surface area contributed by atoms with Gasteiger partial charge in [-0.15, -0.1) is 0 Å². The van der Waals surface area contributed by atoms with Crippen LogP contribution in [0.1, 0.15) is 21.5 Å². The third-order valence-electron chi connectivity index (χ3n) is 2.79. The molecule has 5 heteroatoms. The second kappa shape index (κ2) is 5.71. The van der Waals surface area contributed by atoms with E-state index in [1.54, 1.807) is 19.1 Å². The zero-order chi connectivity index (χ0) is 13.8. The highest BCUT2D eigenvalue weighted by Crippen LogP contribution is 2.14. The summed E-state index contributed by atoms with van der Waals surface area (Å²) in [5, 5.41) is 3.28. The number of halogens is 1. The average Bonchev–Trinajstić information content (AvgIpc) is 2.37. The van der Waals surface area contributed by atoms with Crippen molar-refractivity contribution in [2.45, 2.75) is 13.5 Å². The van der Waals surface area contributed by atoms with Gasteiger partial charge in [0.15, 0.2) is 0 Å². The molecule has 0 saturated carbocycles. The molecule has 1 aromatic heterocycles. The Morgan fingerprint density at radius 1 is 1.32 bits per heavy atom. The summed E-state index contributed by atoms with van der Waals surface area (Å²) in [6, 6.07) is 8.92. The fourth-order valence-corrected chi connectivity index (χ4v) is 1.97. The number of H-pyrrole nitrogens is 1. The first-order valence-corrected chi connectivity index (χ1v) is 6.17. The van der Waals surface area contributed by atoms with Crippen molar-refractivity contribution in [1.82, 2.24) is 10.3 Å². The van der Waals surface area contributed by atoms with Gasteiger partial charge in [-0.1, -0.05) is 29.8 Å². The van der Waals surface area contributed by atoms with Gasteiger partial charge in [0.05, 0.1) is 0 Å². The molecule has 0 aliphatic carbocycles. The van der Waals surface area contributed by atoms with Crippen LogP contribution in [0.15, 0.2) is 41.3 Å². The lowest BCUT2D eigenvalue weighted by Gasteiger charge is -2.07. The van der Waals surface area contributed by atoms with Gasteiger partial charge in [-0.3, -0.25) is 9.59 Å². The van der Waals surface area contributed by atoms with Crippen LogP contribution < -0.4 is 10.9 Å². The molecule has 1 aromatic carbocycles. The Kier molecular flexibility index (Phi) is 4.02. The molecule has 1 amide bonds. The molecule has 98 valence electrons. The van der Waals surface area contributed by atoms with Crippen molar-refractivity contribution in [3.63, 3.8) is 0 Å². The van der Waals surface area contributed by atoms with E-state index in [0.29, 0.717) is 10.6 Å². The Bertz CT molecular complexity index is 664. The fourth-order valence-electron chi connectivity index (χ4n) is 1.76. The summed E-state index contributed by atoms with van der Waals surface area (Å²) in [7, 11) is 0. The van der Waals surface area contributed by atoms with Gasteiger partial charge in [0.2, 0.25) is 0 Å². The summed E-state index contributed by atoms with van der Waals surface area (Å²) in [4.78, 5) is 26.1. The topological polar surface area (TPSA) is 62.0 Å². The van der Waals surface area contributed by atoms with Crippen LogP contribution in [-0.4, -0.2) is 10.9 Å². The molecule has 0 unspecified atom stereocenters. The van der Waals surface area contributed by atoms with Crippen LogP contribution in [-0.2, 0) is 6.54 Å². The highest BCUT2D eigenvalue weighted by Gasteiger charge is 2.13. The number of carbonyl (C=O) groups is 1. The monoisotopic (exact) mass is 276 g/mol. The van der Waals surface area contributed by atoms with Crippen molar-refractivity contribution < 1.29 is 4.79 Å². The second-order valence-electron chi connectivity index (χ2n) is 4.14. The summed E-state index contributed by atoms with van der Waals surface area (Å²) >= 11 is 6.00. The van der Waals surface area contributed by atoms with E-state index in [2.05, 4.69) is 10.3 Å². The van der Waals surface area contributed by atoms with Gasteiger partial charge in [-0.2, -0.15) is 0 Å². The third-order valence-corrected chi connectivity index (χ3v) is 3.16. The maximum absolute atomic E-state index is 12.0. The second-order valence-corrected chi connectivity index (χ2v) is 4.55. The molecule has 0 fully saturated rings. The zero-order valence-corrected chi connectivity index (χ0v) is 11.1. The molecular formula is C14H13ClN2O2. The number of carbonyl (C=O) groups excluding carboxylic acids is 1. The van der Waals surface area contributed by atoms with Crippen LogP contribution in [0.25, 0.3) is 0 Å². The molecule has 1 heterocycles. The Morgan fingerprint density at radius 2 is 2.05 bits per heavy atom. The third kappa shape index (κ3) is 3.03. The summed E-state index contributed by atoms with van der Waals surface area (Å²) < 4.78 is 0. The number of hydrogen-bond acceptors (Lipinski definition) is 2. The summed E-state index contributed by atoms with van der Waals surface area (Å²) in [5.74, 6) is -0.403. The molecule has 2 aromatic rings. The minimum Gasteiger partial charge on any atom is -0.348 e. The first-order valence-electron chi connectivity index (χ1n) is 5.79. The van der Waals surface area contributed by atoms with Gasteiger partial charge < -0.3 is 10.3 Å². The number of aromatic amines is 1. The van der Waals surface area contributed by atoms with Gasteiger partial charge in [0.1, 0.15) is 5.56 Å². The van der Waals surface area contributed by atoms with Crippen LogP contribution in [0.5, 0.6) is 0 Å². The van der Waals surface area contributed by atoms with E-state index < -0.39 is 11.5 Å². The SMILES string of the molecule is Cc1cc[nH]c(=O)c1C(=O)NCc1ccccc1Cl. The van der Waals surface area contributed by atoms with E-state index >= 15 is 0 Å². The van der Waals surface area contributed by atoms with Gasteiger partial charge in [0.25, 0.3) is 11.5 Å². The van der Waals surface area contributed by atoms with Gasteiger partial charge in [-0.05, 0) is 30.2 Å². The predicted octanol–water partition coefficient (Wildman–Crippen LogP) is 2.27. The van der Waals surface area contributed by atoms with E-state index in [4.69, 9.17) is 11.6 Å². The lowest BCUT2D eigenvalue weighted by Crippen LogP contribution is -2.30. The molecule has 0 aliphatic rings. The molecule has 0 atom stereocenters. The van der Waals surface area contributed by atoms with Crippen molar-refractivity contribution in [3.8, 4) is 0 Å². The van der Waals surface area contributed by atoms with E-state index in [1.165, 1.54) is 6.20 Å². The predicted molar refractivity (Wildman–Crippen MR) is 74.4 cm³/mol. The molecule has 0 radical (unpaired) electrons. The highest BCUT2D eigenvalue weighted by atomic mass is 35.5. The van der Waals surface area contributed by atoms with Crippen molar-refractivity contribution >= 4 is 17.5 Å². The number of nitrogens with one attached hydrogen (secondary N) is 2. The minimum absolute atomic E-state index is 0.134. The first-order chi connectivity index (χ1) is 9.09. The maximum Gasteiger partial charge on any atom is 0.261 e. The van der Waals surface area contributed by atoms with Gasteiger partial charge in [-0.25, -0.2) is 0 Å². The molecule has 2 rings (SSSR count). The highest BCUT2D eigenvalue weighted by molar-refractivity contribution is 6.31. The number of aryl methyl sites for hydroxylation is 1. The number of pyridine rings is 1. The first kappa shape index (κ1) is 13.4. The van der Waals surface area contributed by atoms with E-state index in [0.717, 1.165) is 5.56 Å². The van der Waals surface area contributed by atoms with Crippen LogP contribution in [0.3, 0.4) is 0 Å². The Labute approximate surface area is 115 Å². The van der Waals surface area contributed by atoms with Gasteiger partial charge in [0, 0.05) is 17.8 Å². The normalized spacial score (nSPS) is 10.2. The van der Waals surface area contributed by atoms with Crippen LogP contribution in [0, 0.1) is 6.92 Å². The number of amides is 1. The lowest BCUT2D eigenvalue weighted by atomic mass is 10.1. The molecule has 0 aliphatic heterocycles. The number of hydrogen-bond donors (Lipinski definition) is 2. The minimum atomic E-state index is -0.403. The lowest BCUT2D eigenvalue weighted by molar-refractivity contribution is 0.0949. The number of aromatic nitrogens is 1. The van der Waals surface area contributed by atoms with Crippen molar-refractivity contribution in [1.29, 1.82) is 0 Å². The van der Waals surface area contributed by atoms with Gasteiger partial charge >= 0.3 is 0 Å². The molecule has 0 bridgehead atoms. The van der Waals surface area contributed by atoms with Crippen molar-refractivity contribution in [2.24, 2.45) is 0 Å². The van der Waals surface area contributed by atoms with Crippen LogP contribution in [0.4, 0.5) is 0 Å². The molecule has 0 saturated heterocycles. The van der Waals surface area contributed by atoms with E-state index in [1.807, 2.05) is 18.2 Å². The molecule has 2 N–H and O–H groups in total. The quantitative estimate of drug-likeness (QED) is 0.903. The average molecular weight is 277 g/mol. The summed E-state index contributed by atoms with van der Waals surface area (Å²) in [6.45, 7) is 2.01. The molecular weight excluding hydrogens is 264 g/mol.